The molecule has 0 saturated heterocycles. The zero-order valence-electron chi connectivity index (χ0n) is 11.1. The second-order valence-corrected chi connectivity index (χ2v) is 6.20. The first-order valence-electron chi connectivity index (χ1n) is 6.22. The molecular weight excluding hydrogens is 340 g/mol. The zero-order chi connectivity index (χ0) is 14.4. The van der Waals surface area contributed by atoms with E-state index in [2.05, 4.69) is 25.9 Å². The standard InChI is InChI=1S/C14H15BrN2O2S/c1-10-8-13(18)17-14(16-10)20-7-3-6-19-12-5-2-4-11(15)9-12/h2,4-5,8-9H,3,6-7H2,1H3,(H,16,17,18). The van der Waals surface area contributed by atoms with Crippen LogP contribution in [0, 0.1) is 6.92 Å². The second kappa shape index (κ2) is 7.50. The smallest absolute Gasteiger partial charge is 0.251 e. The van der Waals surface area contributed by atoms with Gasteiger partial charge in [0.1, 0.15) is 5.75 Å². The summed E-state index contributed by atoms with van der Waals surface area (Å²) >= 11 is 4.93. The monoisotopic (exact) mass is 354 g/mol. The van der Waals surface area contributed by atoms with E-state index in [0.717, 1.165) is 28.1 Å². The number of ether oxygens (including phenoxy) is 1. The Morgan fingerprint density at radius 2 is 2.25 bits per heavy atom. The molecule has 0 amide bonds. The number of aromatic nitrogens is 2. The minimum Gasteiger partial charge on any atom is -0.494 e. The van der Waals surface area contributed by atoms with E-state index >= 15 is 0 Å². The maximum Gasteiger partial charge on any atom is 0.251 e. The van der Waals surface area contributed by atoms with Crippen LogP contribution in [-0.2, 0) is 0 Å². The van der Waals surface area contributed by atoms with E-state index in [9.17, 15) is 4.79 Å². The first-order valence-corrected chi connectivity index (χ1v) is 8.00. The van der Waals surface area contributed by atoms with E-state index in [0.29, 0.717) is 11.8 Å². The third kappa shape index (κ3) is 5.02. The number of nitrogens with zero attached hydrogens (tertiary/aromatic N) is 1. The lowest BCUT2D eigenvalue weighted by Crippen LogP contribution is -2.08. The highest BCUT2D eigenvalue weighted by Crippen LogP contribution is 2.18. The minimum absolute atomic E-state index is 0.106. The number of H-pyrrole nitrogens is 1. The highest BCUT2D eigenvalue weighted by atomic mass is 79.9. The number of thioether (sulfide) groups is 1. The van der Waals surface area contributed by atoms with Crippen LogP contribution in [-0.4, -0.2) is 22.3 Å². The second-order valence-electron chi connectivity index (χ2n) is 4.20. The van der Waals surface area contributed by atoms with Gasteiger partial charge in [0.15, 0.2) is 5.16 Å². The van der Waals surface area contributed by atoms with Crippen molar-refractivity contribution in [2.45, 2.75) is 18.5 Å². The van der Waals surface area contributed by atoms with Crippen LogP contribution in [0.2, 0.25) is 0 Å². The lowest BCUT2D eigenvalue weighted by atomic mass is 10.3. The molecule has 1 heterocycles. The molecule has 0 aliphatic heterocycles. The van der Waals surface area contributed by atoms with Crippen molar-refractivity contribution in [2.75, 3.05) is 12.4 Å². The predicted molar refractivity (Wildman–Crippen MR) is 84.6 cm³/mol. The van der Waals surface area contributed by atoms with Crippen molar-refractivity contribution >= 4 is 27.7 Å². The number of hydrogen-bond acceptors (Lipinski definition) is 4. The molecule has 0 bridgehead atoms. The normalized spacial score (nSPS) is 10.5. The van der Waals surface area contributed by atoms with E-state index < -0.39 is 0 Å². The summed E-state index contributed by atoms with van der Waals surface area (Å²) in [5.41, 5.74) is 0.632. The SMILES string of the molecule is Cc1cc(=O)[nH]c(SCCCOc2cccc(Br)c2)n1. The first-order chi connectivity index (χ1) is 9.63. The largest absolute Gasteiger partial charge is 0.494 e. The van der Waals surface area contributed by atoms with E-state index in [1.807, 2.05) is 31.2 Å². The molecule has 2 aromatic rings. The minimum atomic E-state index is -0.106. The summed E-state index contributed by atoms with van der Waals surface area (Å²) in [6.45, 7) is 2.45. The molecule has 0 unspecified atom stereocenters. The Hall–Kier alpha value is -1.27. The fourth-order valence-electron chi connectivity index (χ4n) is 1.59. The summed E-state index contributed by atoms with van der Waals surface area (Å²) in [4.78, 5) is 18.3. The maximum absolute atomic E-state index is 11.3. The zero-order valence-corrected chi connectivity index (χ0v) is 13.5. The molecule has 106 valence electrons. The number of aryl methyl sites for hydroxylation is 1. The van der Waals surface area contributed by atoms with Crippen molar-refractivity contribution < 1.29 is 4.74 Å². The molecule has 0 fully saturated rings. The molecule has 0 atom stereocenters. The van der Waals surface area contributed by atoms with Gasteiger partial charge in [-0.1, -0.05) is 33.8 Å². The van der Waals surface area contributed by atoms with Gasteiger partial charge in [-0.15, -0.1) is 0 Å². The maximum atomic E-state index is 11.3. The Balaban J connectivity index is 1.73. The predicted octanol–water partition coefficient (Wildman–Crippen LogP) is 3.40. The molecular formula is C14H15BrN2O2S. The van der Waals surface area contributed by atoms with Gasteiger partial charge < -0.3 is 9.72 Å². The molecule has 1 aromatic carbocycles. The number of hydrogen-bond donors (Lipinski definition) is 1. The van der Waals surface area contributed by atoms with Crippen molar-refractivity contribution in [1.82, 2.24) is 9.97 Å². The van der Waals surface area contributed by atoms with Gasteiger partial charge in [-0.2, -0.15) is 0 Å². The van der Waals surface area contributed by atoms with Crippen LogP contribution in [0.25, 0.3) is 0 Å². The lowest BCUT2D eigenvalue weighted by Gasteiger charge is -2.06. The van der Waals surface area contributed by atoms with Crippen molar-refractivity contribution in [3.8, 4) is 5.75 Å². The average molecular weight is 355 g/mol. The molecule has 0 spiro atoms. The van der Waals surface area contributed by atoms with Crippen molar-refractivity contribution in [2.24, 2.45) is 0 Å². The molecule has 2 rings (SSSR count). The molecule has 4 nitrogen and oxygen atoms in total. The van der Waals surface area contributed by atoms with Crippen molar-refractivity contribution in [3.05, 3.63) is 50.9 Å². The van der Waals surface area contributed by atoms with Crippen molar-refractivity contribution in [1.29, 1.82) is 0 Å². The van der Waals surface area contributed by atoms with Crippen LogP contribution in [0.5, 0.6) is 5.75 Å². The summed E-state index contributed by atoms with van der Waals surface area (Å²) in [5, 5.41) is 0.664. The number of nitrogens with one attached hydrogen (secondary N) is 1. The van der Waals surface area contributed by atoms with Crippen LogP contribution in [0.1, 0.15) is 12.1 Å². The molecule has 0 saturated carbocycles. The third-order valence-corrected chi connectivity index (χ3v) is 3.89. The number of benzene rings is 1. The first kappa shape index (κ1) is 15.1. The summed E-state index contributed by atoms with van der Waals surface area (Å²) in [6.07, 6.45) is 0.884. The van der Waals surface area contributed by atoms with Gasteiger partial charge in [-0.25, -0.2) is 4.98 Å². The Labute approximate surface area is 130 Å². The quantitative estimate of drug-likeness (QED) is 0.490. The van der Waals surface area contributed by atoms with Gasteiger partial charge in [-0.3, -0.25) is 4.79 Å². The molecule has 0 radical (unpaired) electrons. The average Bonchev–Trinajstić information content (AvgIpc) is 2.37. The third-order valence-electron chi connectivity index (χ3n) is 2.44. The topological polar surface area (TPSA) is 55.0 Å². The fraction of sp³-hybridized carbons (Fsp3) is 0.286. The van der Waals surface area contributed by atoms with E-state index in [4.69, 9.17) is 4.74 Å². The fourth-order valence-corrected chi connectivity index (χ4v) is 2.81. The van der Waals surface area contributed by atoms with Crippen molar-refractivity contribution in [3.63, 3.8) is 0 Å². The Bertz CT molecular complexity index is 631. The van der Waals surface area contributed by atoms with E-state index in [1.165, 1.54) is 17.8 Å². The lowest BCUT2D eigenvalue weighted by molar-refractivity contribution is 0.318. The van der Waals surface area contributed by atoms with Gasteiger partial charge in [0.25, 0.3) is 5.56 Å². The van der Waals surface area contributed by atoms with Gasteiger partial charge in [0.2, 0.25) is 0 Å². The van der Waals surface area contributed by atoms with Gasteiger partial charge in [0, 0.05) is 22.0 Å². The number of aromatic amines is 1. The summed E-state index contributed by atoms with van der Waals surface area (Å²) in [5.74, 6) is 1.70. The Morgan fingerprint density at radius 1 is 1.40 bits per heavy atom. The summed E-state index contributed by atoms with van der Waals surface area (Å²) in [7, 11) is 0. The van der Waals surface area contributed by atoms with E-state index in [1.54, 1.807) is 0 Å². The van der Waals surface area contributed by atoms with Crippen LogP contribution in [0.3, 0.4) is 0 Å². The molecule has 1 N–H and O–H groups in total. The molecule has 0 aliphatic carbocycles. The van der Waals surface area contributed by atoms with Gasteiger partial charge in [0.05, 0.1) is 6.61 Å². The molecule has 1 aromatic heterocycles. The van der Waals surface area contributed by atoms with Gasteiger partial charge >= 0.3 is 0 Å². The van der Waals surface area contributed by atoms with Crippen LogP contribution in [0.4, 0.5) is 0 Å². The molecule has 20 heavy (non-hydrogen) atoms. The molecule has 0 aliphatic rings. The summed E-state index contributed by atoms with van der Waals surface area (Å²) in [6, 6.07) is 9.25. The molecule has 6 heteroatoms. The number of rotatable bonds is 6. The van der Waals surface area contributed by atoms with E-state index in [-0.39, 0.29) is 5.56 Å². The highest BCUT2D eigenvalue weighted by Gasteiger charge is 2.00. The van der Waals surface area contributed by atoms with Crippen LogP contribution in [0.15, 0.2) is 44.8 Å². The van der Waals surface area contributed by atoms with Crippen LogP contribution < -0.4 is 10.3 Å². The van der Waals surface area contributed by atoms with Gasteiger partial charge in [-0.05, 0) is 31.5 Å². The highest BCUT2D eigenvalue weighted by molar-refractivity contribution is 9.10. The summed E-state index contributed by atoms with van der Waals surface area (Å²) < 4.78 is 6.64. The number of halogens is 1. The Morgan fingerprint density at radius 3 is 3.00 bits per heavy atom. The van der Waals surface area contributed by atoms with Crippen LogP contribution >= 0.6 is 27.7 Å². The Kier molecular flexibility index (Phi) is 5.67.